The Kier molecular flexibility index (Phi) is 11.1. The molecule has 0 atom stereocenters. The van der Waals surface area contributed by atoms with Gasteiger partial charge in [0.25, 0.3) is 12.4 Å². The number of amides is 1. The topological polar surface area (TPSA) is 148 Å². The van der Waals surface area contributed by atoms with Crippen LogP contribution in [0.1, 0.15) is 94.9 Å². The number of aryl methyl sites for hydroxylation is 1. The number of carboxylic acid groups (broad SMARTS) is 1. The first-order valence-corrected chi connectivity index (χ1v) is 17.0. The molecule has 3 N–H and O–H groups in total. The third kappa shape index (κ3) is 8.80. The molecule has 0 aliphatic carbocycles. The van der Waals surface area contributed by atoms with E-state index in [1.807, 2.05) is 55.5 Å². The first-order valence-electron chi connectivity index (χ1n) is 17.0. The Morgan fingerprint density at radius 3 is 1.72 bits per heavy atom. The Hall–Kier alpha value is -6.26. The van der Waals surface area contributed by atoms with Crippen molar-refractivity contribution in [3.05, 3.63) is 142 Å². The fourth-order valence-electron chi connectivity index (χ4n) is 5.90. The van der Waals surface area contributed by atoms with Crippen molar-refractivity contribution in [2.75, 3.05) is 5.32 Å². The van der Waals surface area contributed by atoms with E-state index in [1.54, 1.807) is 38.1 Å². The number of anilines is 1. The van der Waals surface area contributed by atoms with Crippen molar-refractivity contribution in [3.8, 4) is 28.7 Å². The number of carbonyl (C=O) groups is 4. The molecule has 5 aromatic rings. The van der Waals surface area contributed by atoms with E-state index in [-0.39, 0.29) is 40.4 Å². The summed E-state index contributed by atoms with van der Waals surface area (Å²) in [5, 5.41) is 23.4. The number of hydrogen-bond donors (Lipinski definition) is 3. The van der Waals surface area contributed by atoms with E-state index in [2.05, 4.69) is 19.2 Å². The van der Waals surface area contributed by atoms with Gasteiger partial charge in [-0.2, -0.15) is 0 Å². The molecule has 0 aliphatic heterocycles. The summed E-state index contributed by atoms with van der Waals surface area (Å²) in [5.74, 6) is -0.292. The average Bonchev–Trinajstić information content (AvgIpc) is 3.12. The van der Waals surface area contributed by atoms with Crippen LogP contribution in [-0.4, -0.2) is 34.3 Å². The monoisotopic (exact) mass is 715 g/mol. The van der Waals surface area contributed by atoms with Gasteiger partial charge >= 0.3 is 5.97 Å². The number of Topliss-reactive ketones (excluding diaryl/α,β-unsaturated/α-hetero) is 1. The second kappa shape index (κ2) is 15.5. The maximum Gasteiger partial charge on any atom is 0.336 e. The summed E-state index contributed by atoms with van der Waals surface area (Å²) >= 11 is 0. The fraction of sp³-hybridized carbons (Fsp3) is 0.209. The molecule has 10 nitrogen and oxygen atoms in total. The van der Waals surface area contributed by atoms with Gasteiger partial charge < -0.3 is 29.7 Å². The van der Waals surface area contributed by atoms with Crippen LogP contribution in [0.4, 0.5) is 5.69 Å². The molecule has 1 amide bonds. The van der Waals surface area contributed by atoms with Gasteiger partial charge in [-0.1, -0.05) is 57.2 Å². The van der Waals surface area contributed by atoms with Crippen molar-refractivity contribution in [1.29, 1.82) is 0 Å². The number of carboxylic acids is 1. The van der Waals surface area contributed by atoms with Crippen LogP contribution >= 0.6 is 0 Å². The third-order valence-corrected chi connectivity index (χ3v) is 8.99. The lowest BCUT2D eigenvalue weighted by Gasteiger charge is -2.26. The molecule has 0 unspecified atom stereocenters. The molecule has 0 saturated carbocycles. The summed E-state index contributed by atoms with van der Waals surface area (Å²) in [4.78, 5) is 48.4. The molecule has 53 heavy (non-hydrogen) atoms. The lowest BCUT2D eigenvalue weighted by molar-refractivity contribution is -0.120. The number of aromatic carboxylic acids is 1. The molecule has 0 radical (unpaired) electrons. The standard InChI is InChI=1S/C43H41NO9/c1-7-27-8-20-38(37(22-27)43(5,6)50)44-40(47)36-24-32(17-19-34(36)41(48)49)52-30-13-9-28(10-14-30)42(3,4)29-11-15-31(16-12-29)53-33-18-21-39(51-25-45)35(23-33)26(2)46/h8-25,50H,7H2,1-6H3,(H,44,47)(H,48,49). The SMILES string of the molecule is CCc1ccc(NC(=O)c2cc(Oc3ccc(C(C)(C)c4ccc(Oc5ccc(OC=O)c(C(C)=O)c5)cc4)cc3)ccc2C(=O)O)c(C(C)(C)O)c1. The summed E-state index contributed by atoms with van der Waals surface area (Å²) in [5.41, 5.74) is 2.16. The number of rotatable bonds is 14. The van der Waals surface area contributed by atoms with Gasteiger partial charge in [0.2, 0.25) is 0 Å². The highest BCUT2D eigenvalue weighted by atomic mass is 16.5. The minimum absolute atomic E-state index is 0.0929. The third-order valence-electron chi connectivity index (χ3n) is 8.99. The van der Waals surface area contributed by atoms with E-state index >= 15 is 0 Å². The second-order valence-electron chi connectivity index (χ2n) is 13.6. The van der Waals surface area contributed by atoms with Gasteiger partial charge in [0.1, 0.15) is 28.7 Å². The molecular weight excluding hydrogens is 674 g/mol. The lowest BCUT2D eigenvalue weighted by atomic mass is 9.78. The quantitative estimate of drug-likeness (QED) is 0.0756. The van der Waals surface area contributed by atoms with Crippen molar-refractivity contribution in [2.24, 2.45) is 0 Å². The number of carbonyl (C=O) groups excluding carboxylic acids is 3. The number of aliphatic hydroxyl groups is 1. The maximum absolute atomic E-state index is 13.5. The van der Waals surface area contributed by atoms with Crippen LogP contribution in [0.15, 0.2) is 103 Å². The predicted molar refractivity (Wildman–Crippen MR) is 201 cm³/mol. The van der Waals surface area contributed by atoms with Crippen LogP contribution in [0.25, 0.3) is 0 Å². The van der Waals surface area contributed by atoms with Crippen LogP contribution in [-0.2, 0) is 22.2 Å². The summed E-state index contributed by atoms with van der Waals surface area (Å²) in [6.45, 7) is 11.0. The molecule has 0 bridgehead atoms. The number of benzene rings is 5. The highest BCUT2D eigenvalue weighted by Gasteiger charge is 2.25. The molecule has 5 rings (SSSR count). The van der Waals surface area contributed by atoms with E-state index < -0.39 is 22.9 Å². The van der Waals surface area contributed by atoms with Crippen LogP contribution in [0, 0.1) is 0 Å². The molecule has 10 heteroatoms. The zero-order chi connectivity index (χ0) is 38.5. The molecular formula is C43H41NO9. The smallest absolute Gasteiger partial charge is 0.336 e. The highest BCUT2D eigenvalue weighted by Crippen LogP contribution is 2.36. The van der Waals surface area contributed by atoms with Gasteiger partial charge in [-0.3, -0.25) is 14.4 Å². The summed E-state index contributed by atoms with van der Waals surface area (Å²) < 4.78 is 16.9. The van der Waals surface area contributed by atoms with E-state index in [4.69, 9.17) is 14.2 Å². The van der Waals surface area contributed by atoms with Gasteiger partial charge in [0.05, 0.1) is 22.3 Å². The van der Waals surface area contributed by atoms with Crippen molar-refractivity contribution in [2.45, 2.75) is 59.0 Å². The van der Waals surface area contributed by atoms with E-state index in [1.165, 1.54) is 37.3 Å². The van der Waals surface area contributed by atoms with Crippen LogP contribution in [0.3, 0.4) is 0 Å². The first kappa shape index (κ1) is 38.0. The lowest BCUT2D eigenvalue weighted by Crippen LogP contribution is -2.22. The molecule has 0 saturated heterocycles. The predicted octanol–water partition coefficient (Wildman–Crippen LogP) is 9.08. The summed E-state index contributed by atoms with van der Waals surface area (Å²) in [7, 11) is 0. The number of ketones is 1. The Morgan fingerprint density at radius 2 is 1.23 bits per heavy atom. The van der Waals surface area contributed by atoms with Crippen LogP contribution in [0.2, 0.25) is 0 Å². The van der Waals surface area contributed by atoms with Gasteiger partial charge in [-0.25, -0.2) is 4.79 Å². The molecule has 5 aromatic carbocycles. The minimum Gasteiger partial charge on any atom is -0.478 e. The van der Waals surface area contributed by atoms with E-state index in [9.17, 15) is 29.4 Å². The Labute approximate surface area is 308 Å². The molecule has 0 heterocycles. The number of nitrogens with one attached hydrogen (secondary N) is 1. The van der Waals surface area contributed by atoms with Crippen molar-refractivity contribution in [3.63, 3.8) is 0 Å². The van der Waals surface area contributed by atoms with Crippen LogP contribution < -0.4 is 19.5 Å². The highest BCUT2D eigenvalue weighted by molar-refractivity contribution is 6.11. The molecule has 0 aliphatic rings. The summed E-state index contributed by atoms with van der Waals surface area (Å²) in [6, 6.07) is 29.3. The van der Waals surface area contributed by atoms with Gasteiger partial charge in [0.15, 0.2) is 5.78 Å². The number of hydrogen-bond acceptors (Lipinski definition) is 8. The van der Waals surface area contributed by atoms with E-state index in [0.29, 0.717) is 28.5 Å². The zero-order valence-electron chi connectivity index (χ0n) is 30.4. The van der Waals surface area contributed by atoms with Gasteiger partial charge in [0, 0.05) is 16.7 Å². The molecule has 272 valence electrons. The number of ether oxygens (including phenoxy) is 3. The van der Waals surface area contributed by atoms with Crippen LogP contribution in [0.5, 0.6) is 28.7 Å². The average molecular weight is 716 g/mol. The van der Waals surface area contributed by atoms with Gasteiger partial charge in [-0.15, -0.1) is 0 Å². The van der Waals surface area contributed by atoms with Gasteiger partial charge in [-0.05, 0) is 111 Å². The largest absolute Gasteiger partial charge is 0.478 e. The minimum atomic E-state index is -1.26. The van der Waals surface area contributed by atoms with Crippen molar-refractivity contribution < 1.29 is 43.6 Å². The molecule has 0 spiro atoms. The molecule has 0 aromatic heterocycles. The van der Waals surface area contributed by atoms with Crippen molar-refractivity contribution >= 4 is 29.8 Å². The normalized spacial score (nSPS) is 11.4. The second-order valence-corrected chi connectivity index (χ2v) is 13.6. The fourth-order valence-corrected chi connectivity index (χ4v) is 5.90. The Bertz CT molecular complexity index is 2160. The Balaban J connectivity index is 1.31. The first-order chi connectivity index (χ1) is 25.1. The maximum atomic E-state index is 13.5. The molecule has 0 fully saturated rings. The summed E-state index contributed by atoms with van der Waals surface area (Å²) in [6.07, 6.45) is 0.741. The Morgan fingerprint density at radius 1 is 0.698 bits per heavy atom. The zero-order valence-corrected chi connectivity index (χ0v) is 30.4. The van der Waals surface area contributed by atoms with E-state index in [0.717, 1.165) is 23.1 Å². The van der Waals surface area contributed by atoms with Crippen molar-refractivity contribution in [1.82, 2.24) is 0 Å².